The van der Waals surface area contributed by atoms with Gasteiger partial charge in [0, 0.05) is 19.8 Å². The highest BCUT2D eigenvalue weighted by Gasteiger charge is 2.19. The molecule has 22 heavy (non-hydrogen) atoms. The van der Waals surface area contributed by atoms with Crippen molar-refractivity contribution in [3.05, 3.63) is 11.8 Å². The summed E-state index contributed by atoms with van der Waals surface area (Å²) in [7, 11) is 1.76. The number of rotatable bonds is 8. The molecular formula is C14H21N3O4S. The van der Waals surface area contributed by atoms with Crippen LogP contribution in [0, 0.1) is 0 Å². The van der Waals surface area contributed by atoms with E-state index in [1.165, 1.54) is 18.0 Å². The average molecular weight is 327 g/mol. The van der Waals surface area contributed by atoms with Gasteiger partial charge in [-0.15, -0.1) is 0 Å². The van der Waals surface area contributed by atoms with Crippen LogP contribution >= 0.6 is 11.8 Å². The summed E-state index contributed by atoms with van der Waals surface area (Å²) in [6, 6.07) is 0. The number of nitrogens with zero attached hydrogens (tertiary/aromatic N) is 3. The maximum atomic E-state index is 12.0. The summed E-state index contributed by atoms with van der Waals surface area (Å²) in [4.78, 5) is 33.6. The molecule has 7 nitrogen and oxygen atoms in total. The van der Waals surface area contributed by atoms with Crippen LogP contribution in [0.2, 0.25) is 0 Å². The van der Waals surface area contributed by atoms with E-state index in [1.807, 2.05) is 6.26 Å². The minimum absolute atomic E-state index is 0.214. The zero-order valence-corrected chi connectivity index (χ0v) is 14.1. The maximum absolute atomic E-state index is 12.0. The Bertz CT molecular complexity index is 525. The molecule has 8 heteroatoms. The zero-order valence-electron chi connectivity index (χ0n) is 13.3. The molecule has 1 aromatic heterocycles. The second kappa shape index (κ2) is 9.24. The third kappa shape index (κ3) is 5.18. The molecule has 0 saturated carbocycles. The van der Waals surface area contributed by atoms with Crippen molar-refractivity contribution in [2.24, 2.45) is 0 Å². The smallest absolute Gasteiger partial charge is 0.343 e. The van der Waals surface area contributed by atoms with Gasteiger partial charge in [-0.25, -0.2) is 14.8 Å². The van der Waals surface area contributed by atoms with Crippen molar-refractivity contribution in [3.8, 4) is 0 Å². The summed E-state index contributed by atoms with van der Waals surface area (Å²) in [5.41, 5.74) is 0.283. The molecule has 1 rings (SSSR count). The van der Waals surface area contributed by atoms with Gasteiger partial charge in [-0.05, 0) is 20.1 Å². The van der Waals surface area contributed by atoms with Gasteiger partial charge in [0.1, 0.15) is 11.4 Å². The summed E-state index contributed by atoms with van der Waals surface area (Å²) in [5, 5.41) is 0.547. The lowest BCUT2D eigenvalue weighted by Gasteiger charge is -2.20. The first-order chi connectivity index (χ1) is 10.5. The lowest BCUT2D eigenvalue weighted by molar-refractivity contribution is -0.142. The topological polar surface area (TPSA) is 81.6 Å². The van der Waals surface area contributed by atoms with Gasteiger partial charge in [0.25, 0.3) is 0 Å². The molecule has 0 aromatic carbocycles. The number of ether oxygens (including phenoxy) is 2. The second-order valence-electron chi connectivity index (χ2n) is 4.29. The quantitative estimate of drug-likeness (QED) is 0.406. The van der Waals surface area contributed by atoms with Gasteiger partial charge < -0.3 is 14.4 Å². The van der Waals surface area contributed by atoms with E-state index in [0.717, 1.165) is 0 Å². The third-order valence-electron chi connectivity index (χ3n) is 2.74. The maximum Gasteiger partial charge on any atom is 0.343 e. The van der Waals surface area contributed by atoms with Crippen LogP contribution in [0.5, 0.6) is 0 Å². The summed E-state index contributed by atoms with van der Waals surface area (Å²) >= 11 is 1.37. The first-order valence-electron chi connectivity index (χ1n) is 6.98. The van der Waals surface area contributed by atoms with Crippen molar-refractivity contribution < 1.29 is 19.1 Å². The van der Waals surface area contributed by atoms with Crippen LogP contribution in [0.25, 0.3) is 0 Å². The van der Waals surface area contributed by atoms with Gasteiger partial charge in [-0.2, -0.15) is 0 Å². The van der Waals surface area contributed by atoms with Crippen molar-refractivity contribution in [2.45, 2.75) is 25.4 Å². The van der Waals surface area contributed by atoms with E-state index in [1.54, 1.807) is 25.8 Å². The van der Waals surface area contributed by atoms with E-state index in [0.29, 0.717) is 24.1 Å². The summed E-state index contributed by atoms with van der Waals surface area (Å²) in [6.07, 6.45) is 3.51. The largest absolute Gasteiger partial charge is 0.466 e. The first-order valence-corrected chi connectivity index (χ1v) is 8.20. The molecular weight excluding hydrogens is 306 g/mol. The van der Waals surface area contributed by atoms with Crippen molar-refractivity contribution in [3.63, 3.8) is 0 Å². The highest BCUT2D eigenvalue weighted by atomic mass is 32.2. The zero-order chi connectivity index (χ0) is 16.5. The number of carbonyl (C=O) groups excluding carboxylic acids is 2. The summed E-state index contributed by atoms with van der Waals surface area (Å²) in [5.74, 6) is -0.318. The third-order valence-corrected chi connectivity index (χ3v) is 3.30. The fraction of sp³-hybridized carbons (Fsp3) is 0.571. The van der Waals surface area contributed by atoms with E-state index in [-0.39, 0.29) is 24.6 Å². The predicted octanol–water partition coefficient (Wildman–Crippen LogP) is 1.76. The van der Waals surface area contributed by atoms with Crippen LogP contribution < -0.4 is 4.90 Å². The second-order valence-corrected chi connectivity index (χ2v) is 5.06. The molecule has 0 aliphatic rings. The van der Waals surface area contributed by atoms with E-state index >= 15 is 0 Å². The van der Waals surface area contributed by atoms with Gasteiger partial charge in [0.2, 0.25) is 0 Å². The first kappa shape index (κ1) is 18.2. The number of aromatic nitrogens is 2. The van der Waals surface area contributed by atoms with Gasteiger partial charge in [0.05, 0.1) is 19.6 Å². The van der Waals surface area contributed by atoms with Crippen molar-refractivity contribution in [1.29, 1.82) is 0 Å². The normalized spacial score (nSPS) is 10.2. The van der Waals surface area contributed by atoms with Gasteiger partial charge in [-0.1, -0.05) is 11.8 Å². The van der Waals surface area contributed by atoms with E-state index < -0.39 is 5.97 Å². The Morgan fingerprint density at radius 1 is 1.27 bits per heavy atom. The number of hydrogen-bond acceptors (Lipinski definition) is 8. The van der Waals surface area contributed by atoms with Crippen LogP contribution in [0.1, 0.15) is 30.6 Å². The molecule has 0 amide bonds. The van der Waals surface area contributed by atoms with Crippen molar-refractivity contribution in [1.82, 2.24) is 9.97 Å². The Kier molecular flexibility index (Phi) is 7.65. The summed E-state index contributed by atoms with van der Waals surface area (Å²) < 4.78 is 9.91. The number of carbonyl (C=O) groups is 2. The lowest BCUT2D eigenvalue weighted by atomic mass is 10.3. The standard InChI is InChI=1S/C14H21N3O4S/c1-5-20-11(18)7-8-17(3)12-10(13(19)21-6-2)9-15-14(16-12)22-4/h9H,5-8H2,1-4H3. The molecule has 0 unspecified atom stereocenters. The Labute approximate surface area is 134 Å². The van der Waals surface area contributed by atoms with Crippen LogP contribution in [0.4, 0.5) is 5.82 Å². The van der Waals surface area contributed by atoms with Crippen LogP contribution in [-0.4, -0.2) is 55.0 Å². The minimum atomic E-state index is -0.479. The number of thioether (sulfide) groups is 1. The molecule has 0 bridgehead atoms. The summed E-state index contributed by atoms with van der Waals surface area (Å²) in [6.45, 7) is 4.50. The molecule has 1 aromatic rings. The van der Waals surface area contributed by atoms with E-state index in [9.17, 15) is 9.59 Å². The lowest BCUT2D eigenvalue weighted by Crippen LogP contribution is -2.26. The van der Waals surface area contributed by atoms with Crippen LogP contribution in [0.3, 0.4) is 0 Å². The fourth-order valence-corrected chi connectivity index (χ4v) is 2.03. The van der Waals surface area contributed by atoms with E-state index in [2.05, 4.69) is 9.97 Å². The molecule has 0 aliphatic heterocycles. The van der Waals surface area contributed by atoms with Crippen LogP contribution in [0.15, 0.2) is 11.4 Å². The number of hydrogen-bond donors (Lipinski definition) is 0. The average Bonchev–Trinajstić information content (AvgIpc) is 2.52. The molecule has 1 heterocycles. The fourth-order valence-electron chi connectivity index (χ4n) is 1.70. The number of esters is 2. The highest BCUT2D eigenvalue weighted by Crippen LogP contribution is 2.20. The van der Waals surface area contributed by atoms with Gasteiger partial charge in [0.15, 0.2) is 5.16 Å². The highest BCUT2D eigenvalue weighted by molar-refractivity contribution is 7.98. The SMILES string of the molecule is CCOC(=O)CCN(C)c1nc(SC)ncc1C(=O)OCC. The molecule has 0 atom stereocenters. The Hall–Kier alpha value is -1.83. The van der Waals surface area contributed by atoms with Crippen LogP contribution in [-0.2, 0) is 14.3 Å². The van der Waals surface area contributed by atoms with Gasteiger partial charge in [-0.3, -0.25) is 4.79 Å². The molecule has 122 valence electrons. The van der Waals surface area contributed by atoms with Crippen molar-refractivity contribution >= 4 is 29.5 Å². The molecule has 0 fully saturated rings. The molecule has 0 aliphatic carbocycles. The predicted molar refractivity (Wildman–Crippen MR) is 84.3 cm³/mol. The van der Waals surface area contributed by atoms with Crippen molar-refractivity contribution in [2.75, 3.05) is 38.0 Å². The Morgan fingerprint density at radius 3 is 2.55 bits per heavy atom. The Balaban J connectivity index is 2.93. The van der Waals surface area contributed by atoms with Gasteiger partial charge >= 0.3 is 11.9 Å². The number of anilines is 1. The van der Waals surface area contributed by atoms with E-state index in [4.69, 9.17) is 9.47 Å². The molecule has 0 radical (unpaired) electrons. The molecule has 0 saturated heterocycles. The monoisotopic (exact) mass is 327 g/mol. The Morgan fingerprint density at radius 2 is 1.95 bits per heavy atom. The minimum Gasteiger partial charge on any atom is -0.466 e. The molecule has 0 spiro atoms. The molecule has 0 N–H and O–H groups in total.